The molecule has 1 aromatic carbocycles. The molecule has 0 aliphatic rings. The Labute approximate surface area is 142 Å². The zero-order valence-corrected chi connectivity index (χ0v) is 15.0. The van der Waals surface area contributed by atoms with Gasteiger partial charge in [0.25, 0.3) is 5.69 Å². The lowest BCUT2D eigenvalue weighted by Gasteiger charge is -2.10. The maximum Gasteiger partial charge on any atom is 0.293 e. The van der Waals surface area contributed by atoms with E-state index < -0.39 is 14.9 Å². The van der Waals surface area contributed by atoms with Gasteiger partial charge in [-0.2, -0.15) is 0 Å². The van der Waals surface area contributed by atoms with Crippen LogP contribution in [-0.4, -0.2) is 60.8 Å². The number of quaternary nitrogens is 1. The number of methoxy groups -OCH3 is 1. The molecule has 0 aromatic heterocycles. The van der Waals surface area contributed by atoms with Crippen molar-refractivity contribution in [2.75, 3.05) is 52.8 Å². The van der Waals surface area contributed by atoms with Gasteiger partial charge in [0.2, 0.25) is 10.0 Å². The summed E-state index contributed by atoms with van der Waals surface area (Å²) in [7, 11) is 1.71. The number of nitrogens with one attached hydrogen (secondary N) is 3. The molecule has 3 N–H and O–H groups in total. The van der Waals surface area contributed by atoms with Crippen molar-refractivity contribution in [2.45, 2.75) is 11.3 Å². The second kappa shape index (κ2) is 9.52. The van der Waals surface area contributed by atoms with E-state index in [1.54, 1.807) is 0 Å². The molecule has 0 aliphatic heterocycles. The fourth-order valence-corrected chi connectivity index (χ4v) is 3.09. The van der Waals surface area contributed by atoms with Gasteiger partial charge in [-0.25, -0.2) is 13.1 Å². The molecule has 0 spiro atoms. The Bertz CT molecular complexity index is 649. The van der Waals surface area contributed by atoms with Crippen LogP contribution in [0, 0.1) is 10.1 Å². The molecule has 0 fully saturated rings. The molecule has 0 atom stereocenters. The fraction of sp³-hybridized carbons (Fsp3) is 0.571. The average Bonchev–Trinajstić information content (AvgIpc) is 2.51. The van der Waals surface area contributed by atoms with Crippen LogP contribution in [0.2, 0.25) is 0 Å². The number of hydrogen-bond donors (Lipinski definition) is 3. The molecule has 136 valence electrons. The van der Waals surface area contributed by atoms with Gasteiger partial charge in [0.05, 0.1) is 37.1 Å². The van der Waals surface area contributed by atoms with E-state index in [0.29, 0.717) is 19.6 Å². The van der Waals surface area contributed by atoms with E-state index in [-0.39, 0.29) is 22.8 Å². The summed E-state index contributed by atoms with van der Waals surface area (Å²) in [5.41, 5.74) is -0.0288. The smallest absolute Gasteiger partial charge is 0.293 e. The molecule has 1 aromatic rings. The van der Waals surface area contributed by atoms with Crippen molar-refractivity contribution >= 4 is 21.4 Å². The van der Waals surface area contributed by atoms with E-state index in [1.165, 1.54) is 24.1 Å². The predicted octanol–water partition coefficient (Wildman–Crippen LogP) is -0.534. The van der Waals surface area contributed by atoms with Gasteiger partial charge < -0.3 is 15.0 Å². The van der Waals surface area contributed by atoms with Gasteiger partial charge in [-0.1, -0.05) is 0 Å². The summed E-state index contributed by atoms with van der Waals surface area (Å²) >= 11 is 0. The van der Waals surface area contributed by atoms with Crippen LogP contribution in [0.3, 0.4) is 0 Å². The zero-order chi connectivity index (χ0) is 18.2. The normalized spacial score (nSPS) is 11.7. The van der Waals surface area contributed by atoms with E-state index in [1.807, 2.05) is 14.1 Å². The van der Waals surface area contributed by atoms with E-state index in [2.05, 4.69) is 10.0 Å². The summed E-state index contributed by atoms with van der Waals surface area (Å²) in [6.45, 7) is 1.88. The summed E-state index contributed by atoms with van der Waals surface area (Å²) in [5, 5.41) is 14.0. The minimum atomic E-state index is -3.77. The highest BCUT2D eigenvalue weighted by molar-refractivity contribution is 7.89. The van der Waals surface area contributed by atoms with Gasteiger partial charge in [-0.3, -0.25) is 10.1 Å². The number of rotatable bonds is 11. The molecule has 0 radical (unpaired) electrons. The van der Waals surface area contributed by atoms with Crippen LogP contribution >= 0.6 is 0 Å². The Balaban J connectivity index is 2.87. The van der Waals surface area contributed by atoms with Crippen molar-refractivity contribution < 1.29 is 23.0 Å². The molecule has 10 heteroatoms. The van der Waals surface area contributed by atoms with Gasteiger partial charge in [-0.05, 0) is 12.1 Å². The highest BCUT2D eigenvalue weighted by Gasteiger charge is 2.21. The standard InChI is InChI=1S/C14H24N4O5S/c1-17(2)9-4-7-16-24(21,22)12-5-6-13(15-8-10-23-3)14(11-12)18(19)20/h5-6,11,15-16H,4,7-10H2,1-3H3/p+1. The highest BCUT2D eigenvalue weighted by Crippen LogP contribution is 2.27. The Morgan fingerprint density at radius 2 is 2.00 bits per heavy atom. The third kappa shape index (κ3) is 6.40. The van der Waals surface area contributed by atoms with E-state index >= 15 is 0 Å². The van der Waals surface area contributed by atoms with Crippen LogP contribution in [0.4, 0.5) is 11.4 Å². The minimum absolute atomic E-state index is 0.122. The second-order valence-electron chi connectivity index (χ2n) is 5.56. The molecule has 9 nitrogen and oxygen atoms in total. The number of benzene rings is 1. The molecule has 1 rings (SSSR count). The lowest BCUT2D eigenvalue weighted by Crippen LogP contribution is -3.05. The van der Waals surface area contributed by atoms with Crippen LogP contribution in [0.25, 0.3) is 0 Å². The van der Waals surface area contributed by atoms with Gasteiger partial charge in [0.15, 0.2) is 0 Å². The molecule has 0 saturated heterocycles. The average molecular weight is 361 g/mol. The number of nitro groups is 1. The summed E-state index contributed by atoms with van der Waals surface area (Å²) in [4.78, 5) is 11.7. The minimum Gasteiger partial charge on any atom is -0.383 e. The van der Waals surface area contributed by atoms with Crippen molar-refractivity contribution in [1.82, 2.24) is 4.72 Å². The van der Waals surface area contributed by atoms with Crippen molar-refractivity contribution in [3.05, 3.63) is 28.3 Å². The number of sulfonamides is 1. The van der Waals surface area contributed by atoms with Gasteiger partial charge >= 0.3 is 0 Å². The third-order valence-corrected chi connectivity index (χ3v) is 4.70. The predicted molar refractivity (Wildman–Crippen MR) is 90.9 cm³/mol. The van der Waals surface area contributed by atoms with Crippen LogP contribution < -0.4 is 14.9 Å². The first-order valence-corrected chi connectivity index (χ1v) is 9.06. The number of nitrogens with zero attached hydrogens (tertiary/aromatic N) is 1. The van der Waals surface area contributed by atoms with E-state index in [9.17, 15) is 18.5 Å². The highest BCUT2D eigenvalue weighted by atomic mass is 32.2. The Morgan fingerprint density at radius 1 is 1.29 bits per heavy atom. The molecule has 0 heterocycles. The van der Waals surface area contributed by atoms with Crippen molar-refractivity contribution in [3.63, 3.8) is 0 Å². The van der Waals surface area contributed by atoms with Crippen molar-refractivity contribution in [1.29, 1.82) is 0 Å². The van der Waals surface area contributed by atoms with Crippen molar-refractivity contribution in [3.8, 4) is 0 Å². The maximum atomic E-state index is 12.2. The van der Waals surface area contributed by atoms with Gasteiger partial charge in [0, 0.05) is 32.7 Å². The van der Waals surface area contributed by atoms with Gasteiger partial charge in [0.1, 0.15) is 5.69 Å². The third-order valence-electron chi connectivity index (χ3n) is 3.24. The quantitative estimate of drug-likeness (QED) is 0.277. The van der Waals surface area contributed by atoms with Gasteiger partial charge in [-0.15, -0.1) is 0 Å². The maximum absolute atomic E-state index is 12.2. The molecule has 0 unspecified atom stereocenters. The summed E-state index contributed by atoms with van der Waals surface area (Å²) in [6, 6.07) is 3.81. The largest absolute Gasteiger partial charge is 0.383 e. The second-order valence-corrected chi connectivity index (χ2v) is 7.33. The molecule has 24 heavy (non-hydrogen) atoms. The van der Waals surface area contributed by atoms with E-state index in [0.717, 1.165) is 12.6 Å². The summed E-state index contributed by atoms with van der Waals surface area (Å²) in [5.74, 6) is 0. The molecule has 0 bridgehead atoms. The van der Waals surface area contributed by atoms with Crippen LogP contribution in [0.1, 0.15) is 6.42 Å². The first-order valence-electron chi connectivity index (χ1n) is 7.58. The first-order chi connectivity index (χ1) is 11.3. The van der Waals surface area contributed by atoms with Crippen molar-refractivity contribution in [2.24, 2.45) is 0 Å². The number of ether oxygens (including phenoxy) is 1. The van der Waals surface area contributed by atoms with Crippen LogP contribution in [-0.2, 0) is 14.8 Å². The number of anilines is 1. The van der Waals surface area contributed by atoms with E-state index in [4.69, 9.17) is 4.74 Å². The summed E-state index contributed by atoms with van der Waals surface area (Å²) in [6.07, 6.45) is 0.681. The molecular formula is C14H25N4O5S+. The topological polar surface area (TPSA) is 115 Å². The first kappa shape index (κ1) is 20.3. The lowest BCUT2D eigenvalue weighted by molar-refractivity contribution is -0.858. The number of nitro benzene ring substituents is 1. The molecule has 0 aliphatic carbocycles. The van der Waals surface area contributed by atoms with Crippen LogP contribution in [0.5, 0.6) is 0 Å². The zero-order valence-electron chi connectivity index (χ0n) is 14.2. The SMILES string of the molecule is COCCNc1ccc(S(=O)(=O)NCCC[NH+](C)C)cc1[N+](=O)[O-]. The Morgan fingerprint density at radius 3 is 2.58 bits per heavy atom. The molecule has 0 saturated carbocycles. The summed E-state index contributed by atoms with van der Waals surface area (Å²) < 4.78 is 31.8. The Hall–Kier alpha value is -1.75. The number of hydrogen-bond acceptors (Lipinski definition) is 6. The molecular weight excluding hydrogens is 336 g/mol. The lowest BCUT2D eigenvalue weighted by atomic mass is 10.2. The Kier molecular flexibility index (Phi) is 8.05. The fourth-order valence-electron chi connectivity index (χ4n) is 2.00. The monoisotopic (exact) mass is 361 g/mol. The molecule has 0 amide bonds. The van der Waals surface area contributed by atoms with Crippen LogP contribution in [0.15, 0.2) is 23.1 Å².